The van der Waals surface area contributed by atoms with E-state index in [1.54, 1.807) is 0 Å². The summed E-state index contributed by atoms with van der Waals surface area (Å²) >= 11 is 11.2. The molecule has 0 aliphatic heterocycles. The van der Waals surface area contributed by atoms with Crippen LogP contribution in [0.25, 0.3) is 0 Å². The molecule has 1 aromatic rings. The smallest absolute Gasteiger partial charge is 0.308 e. The number of carboxylic acid groups (broad SMARTS) is 1. The lowest BCUT2D eigenvalue weighted by Gasteiger charge is -2.03. The van der Waals surface area contributed by atoms with E-state index in [9.17, 15) is 14.9 Å². The van der Waals surface area contributed by atoms with Crippen LogP contribution in [0.1, 0.15) is 5.56 Å². The molecule has 0 spiro atoms. The summed E-state index contributed by atoms with van der Waals surface area (Å²) in [5.41, 5.74) is -0.423. The average molecular weight is 250 g/mol. The quantitative estimate of drug-likeness (QED) is 0.660. The maximum absolute atomic E-state index is 10.6. The SMILES string of the molecule is O=C(O)Cc1c(Cl)cc(Cl)cc1[N+](=O)[O-]. The third-order valence-electron chi connectivity index (χ3n) is 1.66. The van der Waals surface area contributed by atoms with Crippen LogP contribution in [0.5, 0.6) is 0 Å². The zero-order chi connectivity index (χ0) is 11.6. The number of hydrogen-bond acceptors (Lipinski definition) is 3. The predicted octanol–water partition coefficient (Wildman–Crippen LogP) is 2.53. The van der Waals surface area contributed by atoms with Crippen LogP contribution in [0.2, 0.25) is 10.0 Å². The fraction of sp³-hybridized carbons (Fsp3) is 0.125. The summed E-state index contributed by atoms with van der Waals surface area (Å²) in [7, 11) is 0. The van der Waals surface area contributed by atoms with E-state index in [0.29, 0.717) is 0 Å². The Morgan fingerprint density at radius 1 is 1.47 bits per heavy atom. The van der Waals surface area contributed by atoms with Crippen molar-refractivity contribution in [3.8, 4) is 0 Å². The van der Waals surface area contributed by atoms with Gasteiger partial charge in [0.25, 0.3) is 5.69 Å². The Balaban J connectivity index is 3.33. The molecule has 1 aromatic carbocycles. The lowest BCUT2D eigenvalue weighted by atomic mass is 10.1. The van der Waals surface area contributed by atoms with Crippen molar-refractivity contribution in [2.45, 2.75) is 6.42 Å². The van der Waals surface area contributed by atoms with Crippen LogP contribution in [-0.2, 0) is 11.2 Å². The van der Waals surface area contributed by atoms with E-state index in [-0.39, 0.29) is 21.3 Å². The zero-order valence-corrected chi connectivity index (χ0v) is 8.75. The van der Waals surface area contributed by atoms with Gasteiger partial charge in [-0.05, 0) is 6.07 Å². The van der Waals surface area contributed by atoms with Crippen molar-refractivity contribution < 1.29 is 14.8 Å². The van der Waals surface area contributed by atoms with E-state index < -0.39 is 17.3 Å². The van der Waals surface area contributed by atoms with Crippen molar-refractivity contribution in [1.82, 2.24) is 0 Å². The molecule has 0 fully saturated rings. The number of aliphatic carboxylic acids is 1. The van der Waals surface area contributed by atoms with Crippen LogP contribution in [0.3, 0.4) is 0 Å². The van der Waals surface area contributed by atoms with Gasteiger partial charge >= 0.3 is 5.97 Å². The van der Waals surface area contributed by atoms with Gasteiger partial charge in [0.1, 0.15) is 0 Å². The van der Waals surface area contributed by atoms with E-state index in [1.807, 2.05) is 0 Å². The molecule has 15 heavy (non-hydrogen) atoms. The second kappa shape index (κ2) is 4.46. The van der Waals surface area contributed by atoms with Crippen molar-refractivity contribution in [2.24, 2.45) is 0 Å². The molecule has 5 nitrogen and oxygen atoms in total. The number of nitrogens with zero attached hydrogens (tertiary/aromatic N) is 1. The lowest BCUT2D eigenvalue weighted by molar-refractivity contribution is -0.385. The van der Waals surface area contributed by atoms with Gasteiger partial charge in [-0.15, -0.1) is 0 Å². The molecule has 0 aromatic heterocycles. The molecule has 0 atom stereocenters. The van der Waals surface area contributed by atoms with Crippen LogP contribution in [0.4, 0.5) is 5.69 Å². The molecule has 7 heteroatoms. The van der Waals surface area contributed by atoms with E-state index in [1.165, 1.54) is 6.07 Å². The minimum absolute atomic E-state index is 0.0170. The molecule has 0 heterocycles. The van der Waals surface area contributed by atoms with E-state index >= 15 is 0 Å². The Bertz CT molecular complexity index is 433. The molecule has 1 rings (SSSR count). The maximum atomic E-state index is 10.6. The molecule has 0 saturated heterocycles. The van der Waals surface area contributed by atoms with Gasteiger partial charge < -0.3 is 5.11 Å². The third kappa shape index (κ3) is 2.81. The number of hydrogen-bond donors (Lipinski definition) is 1. The lowest BCUT2D eigenvalue weighted by Crippen LogP contribution is -2.04. The van der Waals surface area contributed by atoms with Gasteiger partial charge in [0, 0.05) is 11.1 Å². The summed E-state index contributed by atoms with van der Waals surface area (Å²) in [5.74, 6) is -1.19. The van der Waals surface area contributed by atoms with Crippen molar-refractivity contribution in [3.63, 3.8) is 0 Å². The Morgan fingerprint density at radius 2 is 2.07 bits per heavy atom. The molecule has 0 radical (unpaired) electrons. The van der Waals surface area contributed by atoms with Crippen molar-refractivity contribution >= 4 is 34.9 Å². The average Bonchev–Trinajstić information content (AvgIpc) is 2.08. The highest BCUT2D eigenvalue weighted by molar-refractivity contribution is 6.35. The first-order valence-electron chi connectivity index (χ1n) is 3.76. The summed E-state index contributed by atoms with van der Waals surface area (Å²) in [6.07, 6.45) is -0.508. The molecule has 0 bridgehead atoms. The van der Waals surface area contributed by atoms with Crippen LogP contribution in [0, 0.1) is 10.1 Å². The molecule has 80 valence electrons. The van der Waals surface area contributed by atoms with Crippen molar-refractivity contribution in [3.05, 3.63) is 37.9 Å². The number of nitro groups is 1. The second-order valence-electron chi connectivity index (χ2n) is 2.71. The number of rotatable bonds is 3. The monoisotopic (exact) mass is 249 g/mol. The molecule has 0 unspecified atom stereocenters. The Hall–Kier alpha value is -1.33. The van der Waals surface area contributed by atoms with Gasteiger partial charge in [0.2, 0.25) is 0 Å². The Morgan fingerprint density at radius 3 is 2.53 bits per heavy atom. The Kier molecular flexibility index (Phi) is 3.49. The first-order valence-corrected chi connectivity index (χ1v) is 4.51. The molecular formula is C8H5Cl2NO4. The summed E-state index contributed by atoms with van der Waals surface area (Å²) in [6.45, 7) is 0. The van der Waals surface area contributed by atoms with E-state index in [0.717, 1.165) is 6.07 Å². The number of carbonyl (C=O) groups is 1. The summed E-state index contributed by atoms with van der Waals surface area (Å²) in [6, 6.07) is 2.35. The molecule has 0 aliphatic carbocycles. The minimum Gasteiger partial charge on any atom is -0.481 e. The Labute approximate surface area is 94.4 Å². The van der Waals surface area contributed by atoms with Gasteiger partial charge in [0.15, 0.2) is 0 Å². The number of nitro benzene ring substituents is 1. The van der Waals surface area contributed by atoms with Gasteiger partial charge in [-0.1, -0.05) is 23.2 Å². The highest BCUT2D eigenvalue weighted by Crippen LogP contribution is 2.30. The first kappa shape index (κ1) is 11.7. The molecule has 1 N–H and O–H groups in total. The zero-order valence-electron chi connectivity index (χ0n) is 7.24. The topological polar surface area (TPSA) is 80.4 Å². The standard InChI is InChI=1S/C8H5Cl2NO4/c9-4-1-6(10)5(3-8(12)13)7(2-4)11(14)15/h1-2H,3H2,(H,12,13). The molecular weight excluding hydrogens is 245 g/mol. The fourth-order valence-corrected chi connectivity index (χ4v) is 1.63. The van der Waals surface area contributed by atoms with Crippen LogP contribution < -0.4 is 0 Å². The van der Waals surface area contributed by atoms with Crippen molar-refractivity contribution in [2.75, 3.05) is 0 Å². The number of halogens is 2. The third-order valence-corrected chi connectivity index (χ3v) is 2.22. The summed E-state index contributed by atoms with van der Waals surface area (Å²) < 4.78 is 0. The first-order chi connectivity index (χ1) is 6.91. The predicted molar refractivity (Wildman–Crippen MR) is 54.5 cm³/mol. The maximum Gasteiger partial charge on any atom is 0.308 e. The van der Waals surface area contributed by atoms with E-state index in [4.69, 9.17) is 28.3 Å². The molecule has 0 aliphatic rings. The van der Waals surface area contributed by atoms with Gasteiger partial charge in [0.05, 0.1) is 21.9 Å². The van der Waals surface area contributed by atoms with Crippen molar-refractivity contribution in [1.29, 1.82) is 0 Å². The highest BCUT2D eigenvalue weighted by atomic mass is 35.5. The molecule has 0 amide bonds. The van der Waals surface area contributed by atoms with Crippen LogP contribution in [0.15, 0.2) is 12.1 Å². The molecule has 0 saturated carbocycles. The van der Waals surface area contributed by atoms with E-state index in [2.05, 4.69) is 0 Å². The highest BCUT2D eigenvalue weighted by Gasteiger charge is 2.20. The number of benzene rings is 1. The minimum atomic E-state index is -1.19. The largest absolute Gasteiger partial charge is 0.481 e. The summed E-state index contributed by atoms with van der Waals surface area (Å²) in [5, 5.41) is 19.2. The van der Waals surface area contributed by atoms with Crippen LogP contribution >= 0.6 is 23.2 Å². The normalized spacial score (nSPS) is 10.0. The fourth-order valence-electron chi connectivity index (χ4n) is 1.08. The summed E-state index contributed by atoms with van der Waals surface area (Å²) in [4.78, 5) is 20.4. The van der Waals surface area contributed by atoms with Gasteiger partial charge in [-0.25, -0.2) is 0 Å². The van der Waals surface area contributed by atoms with Gasteiger partial charge in [-0.2, -0.15) is 0 Å². The van der Waals surface area contributed by atoms with Crippen LogP contribution in [-0.4, -0.2) is 16.0 Å². The second-order valence-corrected chi connectivity index (χ2v) is 3.56. The number of carboxylic acids is 1. The van der Waals surface area contributed by atoms with Gasteiger partial charge in [-0.3, -0.25) is 14.9 Å².